The van der Waals surface area contributed by atoms with E-state index in [0.29, 0.717) is 24.0 Å². The number of aromatic amines is 1. The number of nitrogens with zero attached hydrogens (tertiary/aromatic N) is 3. The maximum atomic E-state index is 13.2. The highest BCUT2D eigenvalue weighted by Crippen LogP contribution is 2.32. The second-order valence-electron chi connectivity index (χ2n) is 10.7. The number of carbonyl (C=O) groups is 2. The van der Waals surface area contributed by atoms with Crippen molar-refractivity contribution >= 4 is 34.1 Å². The molecule has 2 amide bonds. The summed E-state index contributed by atoms with van der Waals surface area (Å²) in [6.07, 6.45) is 7.34. The summed E-state index contributed by atoms with van der Waals surface area (Å²) >= 11 is 1.60. The Hall–Kier alpha value is -3.45. The number of piperidine rings is 2. The van der Waals surface area contributed by atoms with Crippen LogP contribution in [-0.2, 0) is 17.6 Å². The molecule has 196 valence electrons. The van der Waals surface area contributed by atoms with E-state index in [4.69, 9.17) is 4.98 Å². The van der Waals surface area contributed by atoms with Gasteiger partial charge in [0.15, 0.2) is 0 Å². The van der Waals surface area contributed by atoms with Crippen LogP contribution in [0.1, 0.15) is 58.2 Å². The molecule has 2 aromatic carbocycles. The van der Waals surface area contributed by atoms with E-state index in [-0.39, 0.29) is 11.8 Å². The zero-order valence-electron chi connectivity index (χ0n) is 21.6. The first-order valence-corrected chi connectivity index (χ1v) is 14.6. The molecule has 1 N–H and O–H groups in total. The second kappa shape index (κ2) is 11.1. The van der Waals surface area contributed by atoms with Crippen molar-refractivity contribution in [1.29, 1.82) is 0 Å². The first kappa shape index (κ1) is 24.9. The molecule has 2 saturated heterocycles. The van der Waals surface area contributed by atoms with E-state index in [1.807, 2.05) is 39.6 Å². The molecular formula is C31H34N4O2S. The topological polar surface area (TPSA) is 69.3 Å². The Morgan fingerprint density at radius 3 is 2.39 bits per heavy atom. The standard InChI is InChI=1S/C31H34N4O2S/c36-29(19-25-20-32-27-9-5-4-8-26(25)27)34-16-12-24(13-17-34)30-33-28(21-38-30)31(37)35-14-10-23(11-15-35)18-22-6-2-1-3-7-22/h1-9,20-21,23-24,32H,10-19H2. The van der Waals surface area contributed by atoms with Crippen LogP contribution in [0, 0.1) is 5.92 Å². The molecule has 2 aromatic heterocycles. The smallest absolute Gasteiger partial charge is 0.273 e. The van der Waals surface area contributed by atoms with Crippen LogP contribution in [0.25, 0.3) is 10.9 Å². The molecule has 2 aliphatic rings. The number of carbonyl (C=O) groups excluding carboxylic acids is 2. The normalized spacial score (nSPS) is 17.3. The van der Waals surface area contributed by atoms with Gasteiger partial charge in [0.05, 0.1) is 11.4 Å². The summed E-state index contributed by atoms with van der Waals surface area (Å²) in [7, 11) is 0. The van der Waals surface area contributed by atoms with Gasteiger partial charge >= 0.3 is 0 Å². The average Bonchev–Trinajstić information content (AvgIpc) is 3.62. The van der Waals surface area contributed by atoms with Gasteiger partial charge < -0.3 is 14.8 Å². The molecule has 4 aromatic rings. The highest BCUT2D eigenvalue weighted by atomic mass is 32.1. The fraction of sp³-hybridized carbons (Fsp3) is 0.387. The van der Waals surface area contributed by atoms with Crippen molar-refractivity contribution in [3.63, 3.8) is 0 Å². The molecule has 6 nitrogen and oxygen atoms in total. The first-order chi connectivity index (χ1) is 18.6. The predicted octanol–water partition coefficient (Wildman–Crippen LogP) is 5.67. The molecule has 4 heterocycles. The first-order valence-electron chi connectivity index (χ1n) is 13.8. The Labute approximate surface area is 227 Å². The number of thiazole rings is 1. The lowest BCUT2D eigenvalue weighted by atomic mass is 9.90. The Morgan fingerprint density at radius 1 is 0.895 bits per heavy atom. The summed E-state index contributed by atoms with van der Waals surface area (Å²) in [5, 5.41) is 4.09. The van der Waals surface area contributed by atoms with Gasteiger partial charge in [-0.2, -0.15) is 0 Å². The minimum Gasteiger partial charge on any atom is -0.361 e. The van der Waals surface area contributed by atoms with Crippen LogP contribution < -0.4 is 0 Å². The third kappa shape index (κ3) is 5.39. The number of hydrogen-bond acceptors (Lipinski definition) is 4. The number of likely N-dealkylation sites (tertiary alicyclic amines) is 2. The second-order valence-corrected chi connectivity index (χ2v) is 11.6. The zero-order chi connectivity index (χ0) is 25.9. The molecule has 7 heteroatoms. The molecule has 0 unspecified atom stereocenters. The molecule has 38 heavy (non-hydrogen) atoms. The van der Waals surface area contributed by atoms with Crippen molar-refractivity contribution in [2.24, 2.45) is 5.92 Å². The van der Waals surface area contributed by atoms with Crippen molar-refractivity contribution in [3.8, 4) is 0 Å². The van der Waals surface area contributed by atoms with Crippen molar-refractivity contribution < 1.29 is 9.59 Å². The van der Waals surface area contributed by atoms with E-state index in [0.717, 1.165) is 79.8 Å². The van der Waals surface area contributed by atoms with Crippen LogP contribution in [0.2, 0.25) is 0 Å². The summed E-state index contributed by atoms with van der Waals surface area (Å²) in [6, 6.07) is 18.8. The monoisotopic (exact) mass is 526 g/mol. The van der Waals surface area contributed by atoms with E-state index >= 15 is 0 Å². The molecule has 0 atom stereocenters. The predicted molar refractivity (Wildman–Crippen MR) is 151 cm³/mol. The third-order valence-corrected chi connectivity index (χ3v) is 9.23. The molecule has 0 spiro atoms. The zero-order valence-corrected chi connectivity index (χ0v) is 22.5. The van der Waals surface area contributed by atoms with Crippen LogP contribution in [0.15, 0.2) is 66.2 Å². The minimum atomic E-state index is 0.0667. The largest absolute Gasteiger partial charge is 0.361 e. The van der Waals surface area contributed by atoms with Crippen molar-refractivity contribution in [1.82, 2.24) is 19.8 Å². The summed E-state index contributed by atoms with van der Waals surface area (Å²) < 4.78 is 0. The third-order valence-electron chi connectivity index (χ3n) is 8.22. The Balaban J connectivity index is 0.991. The molecule has 0 aliphatic carbocycles. The fourth-order valence-corrected chi connectivity index (χ4v) is 6.92. The maximum Gasteiger partial charge on any atom is 0.273 e. The molecule has 0 saturated carbocycles. The van der Waals surface area contributed by atoms with Crippen LogP contribution in [0.5, 0.6) is 0 Å². The number of aromatic nitrogens is 2. The van der Waals surface area contributed by atoms with Crippen molar-refractivity contribution in [2.75, 3.05) is 26.2 Å². The number of rotatable bonds is 6. The Morgan fingerprint density at radius 2 is 1.61 bits per heavy atom. The van der Waals surface area contributed by atoms with Gasteiger partial charge in [0.1, 0.15) is 5.69 Å². The van der Waals surface area contributed by atoms with E-state index in [1.54, 1.807) is 11.3 Å². The van der Waals surface area contributed by atoms with Crippen molar-refractivity contribution in [3.05, 3.63) is 88.0 Å². The van der Waals surface area contributed by atoms with Gasteiger partial charge in [-0.05, 0) is 55.2 Å². The molecule has 0 bridgehead atoms. The molecule has 2 aliphatic heterocycles. The highest BCUT2D eigenvalue weighted by Gasteiger charge is 2.29. The summed E-state index contributed by atoms with van der Waals surface area (Å²) in [4.78, 5) is 38.2. The number of H-pyrrole nitrogens is 1. The van der Waals surface area contributed by atoms with Crippen LogP contribution in [-0.4, -0.2) is 57.8 Å². The summed E-state index contributed by atoms with van der Waals surface area (Å²) in [5.74, 6) is 1.20. The van der Waals surface area contributed by atoms with Gasteiger partial charge in [-0.15, -0.1) is 11.3 Å². The van der Waals surface area contributed by atoms with Gasteiger partial charge in [0, 0.05) is 54.6 Å². The quantitative estimate of drug-likeness (QED) is 0.352. The number of benzene rings is 2. The number of para-hydroxylation sites is 1. The van der Waals surface area contributed by atoms with Crippen molar-refractivity contribution in [2.45, 2.75) is 44.4 Å². The lowest BCUT2D eigenvalue weighted by Gasteiger charge is -2.32. The van der Waals surface area contributed by atoms with Gasteiger partial charge in [-0.25, -0.2) is 4.98 Å². The number of nitrogens with one attached hydrogen (secondary N) is 1. The molecule has 0 radical (unpaired) electrons. The molecular weight excluding hydrogens is 492 g/mol. The molecule has 6 rings (SSSR count). The highest BCUT2D eigenvalue weighted by molar-refractivity contribution is 7.09. The molecule has 2 fully saturated rings. The van der Waals surface area contributed by atoms with Crippen LogP contribution >= 0.6 is 11.3 Å². The van der Waals surface area contributed by atoms with E-state index in [2.05, 4.69) is 41.4 Å². The summed E-state index contributed by atoms with van der Waals surface area (Å²) in [6.45, 7) is 3.09. The Bertz CT molecular complexity index is 1400. The SMILES string of the molecule is O=C(Cc1c[nH]c2ccccc12)N1CCC(c2nc(C(=O)N3CCC(Cc4ccccc4)CC3)cs2)CC1. The van der Waals surface area contributed by atoms with Gasteiger partial charge in [-0.3, -0.25) is 9.59 Å². The summed E-state index contributed by atoms with van der Waals surface area (Å²) in [5.41, 5.74) is 4.09. The fourth-order valence-electron chi connectivity index (χ4n) is 5.95. The van der Waals surface area contributed by atoms with Gasteiger partial charge in [-0.1, -0.05) is 48.5 Å². The van der Waals surface area contributed by atoms with E-state index < -0.39 is 0 Å². The lowest BCUT2D eigenvalue weighted by molar-refractivity contribution is -0.131. The Kier molecular flexibility index (Phi) is 7.27. The van der Waals surface area contributed by atoms with E-state index in [1.165, 1.54) is 5.56 Å². The van der Waals surface area contributed by atoms with Crippen LogP contribution in [0.3, 0.4) is 0 Å². The van der Waals surface area contributed by atoms with E-state index in [9.17, 15) is 9.59 Å². The van der Waals surface area contributed by atoms with Gasteiger partial charge in [0.25, 0.3) is 5.91 Å². The number of fused-ring (bicyclic) bond motifs is 1. The average molecular weight is 527 g/mol. The lowest BCUT2D eigenvalue weighted by Crippen LogP contribution is -2.39. The number of hydrogen-bond donors (Lipinski definition) is 1. The maximum absolute atomic E-state index is 13.2. The van der Waals surface area contributed by atoms with Crippen LogP contribution in [0.4, 0.5) is 0 Å². The number of amides is 2. The minimum absolute atomic E-state index is 0.0667. The van der Waals surface area contributed by atoms with Gasteiger partial charge in [0.2, 0.25) is 5.91 Å².